The summed E-state index contributed by atoms with van der Waals surface area (Å²) in [4.78, 5) is 28.1. The number of para-hydroxylation sites is 1. The van der Waals surface area contributed by atoms with Crippen molar-refractivity contribution in [3.05, 3.63) is 68.4 Å². The van der Waals surface area contributed by atoms with Crippen LogP contribution < -0.4 is 5.56 Å². The molecule has 1 unspecified atom stereocenters. The molecule has 0 aliphatic heterocycles. The topological polar surface area (TPSA) is 92.2 Å². The second kappa shape index (κ2) is 10.0. The van der Waals surface area contributed by atoms with E-state index in [0.717, 1.165) is 22.6 Å². The lowest BCUT2D eigenvalue weighted by atomic mass is 9.89. The SMILES string of the molecule is CC(C)C(C)c1cccc2c1nc(Cn1cccc([N+](=O)[O-])c1=O)n2COCC[Si](C)(C)C. The van der Waals surface area contributed by atoms with E-state index in [9.17, 15) is 14.9 Å². The summed E-state index contributed by atoms with van der Waals surface area (Å²) < 4.78 is 9.37. The van der Waals surface area contributed by atoms with Gasteiger partial charge in [-0.1, -0.05) is 52.5 Å². The fourth-order valence-corrected chi connectivity index (χ4v) is 4.44. The van der Waals surface area contributed by atoms with Crippen LogP contribution >= 0.6 is 0 Å². The molecule has 0 bridgehead atoms. The van der Waals surface area contributed by atoms with E-state index >= 15 is 0 Å². The van der Waals surface area contributed by atoms with Gasteiger partial charge in [0.2, 0.25) is 0 Å². The predicted molar refractivity (Wildman–Crippen MR) is 134 cm³/mol. The third-order valence-corrected chi connectivity index (χ3v) is 7.81. The van der Waals surface area contributed by atoms with Crippen molar-refractivity contribution in [3.63, 3.8) is 0 Å². The third-order valence-electron chi connectivity index (χ3n) is 6.11. The highest BCUT2D eigenvalue weighted by molar-refractivity contribution is 6.76. The Labute approximate surface area is 195 Å². The summed E-state index contributed by atoms with van der Waals surface area (Å²) in [5.74, 6) is 1.39. The Morgan fingerprint density at radius 2 is 1.88 bits per heavy atom. The number of hydrogen-bond donors (Lipinski definition) is 0. The van der Waals surface area contributed by atoms with E-state index < -0.39 is 24.2 Å². The maximum absolute atomic E-state index is 12.6. The number of imidazole rings is 1. The molecule has 0 amide bonds. The number of rotatable bonds is 10. The molecule has 2 heterocycles. The average Bonchev–Trinajstić information content (AvgIpc) is 3.08. The van der Waals surface area contributed by atoms with Gasteiger partial charge in [-0.2, -0.15) is 0 Å². The monoisotopic (exact) mass is 470 g/mol. The first-order valence-corrected chi connectivity index (χ1v) is 15.1. The predicted octanol–water partition coefficient (Wildman–Crippen LogP) is 5.23. The number of aromatic nitrogens is 3. The molecule has 3 aromatic rings. The first kappa shape index (κ1) is 24.9. The van der Waals surface area contributed by atoms with Crippen LogP contribution in [0, 0.1) is 16.0 Å². The zero-order valence-corrected chi connectivity index (χ0v) is 21.4. The van der Waals surface area contributed by atoms with E-state index in [4.69, 9.17) is 9.72 Å². The fraction of sp³-hybridized carbons (Fsp3) is 0.500. The van der Waals surface area contributed by atoms with Crippen molar-refractivity contribution in [2.75, 3.05) is 6.61 Å². The molecule has 9 heteroatoms. The summed E-state index contributed by atoms with van der Waals surface area (Å²) in [6.45, 7) is 14.6. The highest BCUT2D eigenvalue weighted by atomic mass is 28.3. The summed E-state index contributed by atoms with van der Waals surface area (Å²) in [5.41, 5.74) is 1.90. The number of hydrogen-bond acceptors (Lipinski definition) is 5. The van der Waals surface area contributed by atoms with Crippen molar-refractivity contribution < 1.29 is 9.66 Å². The summed E-state index contributed by atoms with van der Waals surface area (Å²) >= 11 is 0. The Kier molecular flexibility index (Phi) is 7.54. The minimum absolute atomic E-state index is 0.127. The lowest BCUT2D eigenvalue weighted by Gasteiger charge is -2.17. The Hall–Kier alpha value is -2.78. The van der Waals surface area contributed by atoms with Crippen LogP contribution in [-0.4, -0.2) is 33.7 Å². The van der Waals surface area contributed by atoms with Gasteiger partial charge in [-0.15, -0.1) is 0 Å². The summed E-state index contributed by atoms with van der Waals surface area (Å²) in [5, 5.41) is 11.2. The zero-order valence-electron chi connectivity index (χ0n) is 20.4. The van der Waals surface area contributed by atoms with Crippen LogP contribution in [0.2, 0.25) is 25.7 Å². The van der Waals surface area contributed by atoms with E-state index in [-0.39, 0.29) is 6.54 Å². The molecule has 0 saturated heterocycles. The van der Waals surface area contributed by atoms with Gasteiger partial charge >= 0.3 is 11.2 Å². The first-order chi connectivity index (χ1) is 15.5. The molecule has 1 atom stereocenters. The highest BCUT2D eigenvalue weighted by Gasteiger charge is 2.21. The van der Waals surface area contributed by atoms with Crippen molar-refractivity contribution in [1.29, 1.82) is 0 Å². The molecule has 0 saturated carbocycles. The van der Waals surface area contributed by atoms with Crippen molar-refractivity contribution in [2.24, 2.45) is 5.92 Å². The van der Waals surface area contributed by atoms with Crippen molar-refractivity contribution in [3.8, 4) is 0 Å². The molecule has 2 aromatic heterocycles. The van der Waals surface area contributed by atoms with Crippen LogP contribution in [0.1, 0.15) is 38.1 Å². The van der Waals surface area contributed by atoms with E-state index in [1.807, 2.05) is 16.7 Å². The minimum atomic E-state index is -1.23. The molecule has 0 spiro atoms. The normalized spacial score (nSPS) is 13.1. The van der Waals surface area contributed by atoms with Gasteiger partial charge in [0.05, 0.1) is 22.5 Å². The molecule has 178 valence electrons. The van der Waals surface area contributed by atoms with E-state index in [0.29, 0.717) is 31.0 Å². The first-order valence-electron chi connectivity index (χ1n) is 11.4. The lowest BCUT2D eigenvalue weighted by Crippen LogP contribution is -2.24. The largest absolute Gasteiger partial charge is 0.361 e. The van der Waals surface area contributed by atoms with E-state index in [1.54, 1.807) is 6.20 Å². The Balaban J connectivity index is 2.05. The van der Waals surface area contributed by atoms with Gasteiger partial charge in [-0.05, 0) is 35.6 Å². The molecule has 0 radical (unpaired) electrons. The Morgan fingerprint density at radius 1 is 1.15 bits per heavy atom. The number of benzene rings is 1. The number of nitro groups is 1. The van der Waals surface area contributed by atoms with Crippen LogP contribution in [0.25, 0.3) is 11.0 Å². The van der Waals surface area contributed by atoms with Crippen molar-refractivity contribution >= 4 is 24.8 Å². The van der Waals surface area contributed by atoms with Crippen LogP contribution in [0.4, 0.5) is 5.69 Å². The van der Waals surface area contributed by atoms with Crippen LogP contribution in [0.3, 0.4) is 0 Å². The summed E-state index contributed by atoms with van der Waals surface area (Å²) in [6, 6.07) is 9.93. The second-order valence-corrected chi connectivity index (χ2v) is 15.8. The van der Waals surface area contributed by atoms with E-state index in [1.165, 1.54) is 16.7 Å². The smallest absolute Gasteiger partial charge is 0.334 e. The lowest BCUT2D eigenvalue weighted by molar-refractivity contribution is -0.386. The summed E-state index contributed by atoms with van der Waals surface area (Å²) in [6.07, 6.45) is 1.56. The van der Waals surface area contributed by atoms with Gasteiger partial charge in [0.1, 0.15) is 12.6 Å². The van der Waals surface area contributed by atoms with Gasteiger partial charge in [-0.25, -0.2) is 4.98 Å². The second-order valence-electron chi connectivity index (χ2n) is 10.1. The maximum atomic E-state index is 12.6. The van der Waals surface area contributed by atoms with Gasteiger partial charge in [0.25, 0.3) is 0 Å². The maximum Gasteiger partial charge on any atom is 0.334 e. The molecule has 1 aromatic carbocycles. The van der Waals surface area contributed by atoms with Gasteiger partial charge in [-0.3, -0.25) is 14.9 Å². The highest BCUT2D eigenvalue weighted by Crippen LogP contribution is 2.31. The number of fused-ring (bicyclic) bond motifs is 1. The fourth-order valence-electron chi connectivity index (χ4n) is 3.68. The summed E-state index contributed by atoms with van der Waals surface area (Å²) in [7, 11) is -1.23. The zero-order chi connectivity index (χ0) is 24.3. The molecule has 0 N–H and O–H groups in total. The molecular weight excluding hydrogens is 436 g/mol. The van der Waals surface area contributed by atoms with Gasteiger partial charge in [0.15, 0.2) is 0 Å². The molecule has 33 heavy (non-hydrogen) atoms. The van der Waals surface area contributed by atoms with Crippen molar-refractivity contribution in [2.45, 2.75) is 65.6 Å². The minimum Gasteiger partial charge on any atom is -0.361 e. The van der Waals surface area contributed by atoms with Gasteiger partial charge < -0.3 is 13.9 Å². The van der Waals surface area contributed by atoms with Crippen molar-refractivity contribution in [1.82, 2.24) is 14.1 Å². The van der Waals surface area contributed by atoms with Gasteiger partial charge in [0, 0.05) is 26.9 Å². The molecule has 0 aliphatic carbocycles. The molecule has 0 fully saturated rings. The molecule has 0 aliphatic rings. The number of nitrogens with zero attached hydrogens (tertiary/aromatic N) is 4. The number of pyridine rings is 1. The standard InChI is InChI=1S/C24H34N4O4Si/c1-17(2)18(3)19-9-7-10-20-23(19)25-22(27(20)16-32-13-14-33(4,5)6)15-26-12-8-11-21(24(26)29)28(30)31/h7-12,17-18H,13-16H2,1-6H3. The Morgan fingerprint density at radius 3 is 2.52 bits per heavy atom. The van der Waals surface area contributed by atoms with Crippen LogP contribution in [0.15, 0.2) is 41.3 Å². The van der Waals surface area contributed by atoms with E-state index in [2.05, 4.69) is 46.5 Å². The molecule has 3 rings (SSSR count). The Bertz CT molecular complexity index is 1190. The van der Waals surface area contributed by atoms with Crippen LogP contribution in [0.5, 0.6) is 0 Å². The van der Waals surface area contributed by atoms with Crippen LogP contribution in [-0.2, 0) is 18.0 Å². The number of ether oxygens (including phenoxy) is 1. The molecule has 8 nitrogen and oxygen atoms in total. The molecular formula is C24H34N4O4Si. The third kappa shape index (κ3) is 5.78. The quantitative estimate of drug-likeness (QED) is 0.175. The average molecular weight is 471 g/mol.